The van der Waals surface area contributed by atoms with Gasteiger partial charge in [-0.05, 0) is 61.8 Å². The summed E-state index contributed by atoms with van der Waals surface area (Å²) in [6.45, 7) is 3.09. The fourth-order valence-electron chi connectivity index (χ4n) is 4.26. The first-order valence-corrected chi connectivity index (χ1v) is 11.6. The summed E-state index contributed by atoms with van der Waals surface area (Å²) >= 11 is 0. The second-order valence-electron chi connectivity index (χ2n) is 8.66. The largest absolute Gasteiger partial charge is 0.493 e. The molecule has 1 aliphatic heterocycles. The molecule has 5 heteroatoms. The molecule has 0 aliphatic carbocycles. The zero-order valence-electron chi connectivity index (χ0n) is 19.8. The van der Waals surface area contributed by atoms with E-state index in [0.717, 1.165) is 54.3 Å². The number of fused-ring (bicyclic) bond motifs is 1. The molecule has 1 unspecified atom stereocenters. The van der Waals surface area contributed by atoms with Crippen LogP contribution in [-0.2, 0) is 13.0 Å². The van der Waals surface area contributed by atoms with Crippen LogP contribution in [0.5, 0.6) is 17.2 Å². The van der Waals surface area contributed by atoms with Crippen molar-refractivity contribution in [2.45, 2.75) is 25.5 Å². The van der Waals surface area contributed by atoms with Gasteiger partial charge in [-0.3, -0.25) is 0 Å². The van der Waals surface area contributed by atoms with Gasteiger partial charge in [0, 0.05) is 18.7 Å². The zero-order valence-corrected chi connectivity index (χ0v) is 19.8. The van der Waals surface area contributed by atoms with E-state index < -0.39 is 0 Å². The molecule has 0 fully saturated rings. The minimum absolute atomic E-state index is 0.0377. The van der Waals surface area contributed by atoms with Crippen molar-refractivity contribution in [3.8, 4) is 17.2 Å². The van der Waals surface area contributed by atoms with Crippen molar-refractivity contribution in [1.82, 2.24) is 10.2 Å². The first-order valence-electron chi connectivity index (χ1n) is 11.6. The van der Waals surface area contributed by atoms with Crippen molar-refractivity contribution in [2.24, 2.45) is 0 Å². The first kappa shape index (κ1) is 23.1. The lowest BCUT2D eigenvalue weighted by Gasteiger charge is -2.30. The lowest BCUT2D eigenvalue weighted by atomic mass is 9.89. The van der Waals surface area contributed by atoms with Gasteiger partial charge in [-0.1, -0.05) is 48.5 Å². The van der Waals surface area contributed by atoms with Crippen LogP contribution in [0, 0.1) is 0 Å². The van der Waals surface area contributed by atoms with Crippen molar-refractivity contribution in [3.05, 3.63) is 89.0 Å². The lowest BCUT2D eigenvalue weighted by molar-refractivity contribution is 0.267. The molecule has 0 saturated heterocycles. The fraction of sp³-hybridized carbons (Fsp3) is 0.357. The normalized spacial score (nSPS) is 15.2. The molecule has 0 spiro atoms. The van der Waals surface area contributed by atoms with Crippen LogP contribution in [0.3, 0.4) is 0 Å². The number of nitrogens with one attached hydrogen (secondary N) is 1. The summed E-state index contributed by atoms with van der Waals surface area (Å²) < 4.78 is 18.1. The van der Waals surface area contributed by atoms with Gasteiger partial charge in [0.15, 0.2) is 11.5 Å². The Bertz CT molecular complexity index is 1040. The van der Waals surface area contributed by atoms with E-state index in [4.69, 9.17) is 14.2 Å². The van der Waals surface area contributed by atoms with Gasteiger partial charge in [-0.2, -0.15) is 0 Å². The molecule has 174 valence electrons. The molecule has 3 aromatic carbocycles. The van der Waals surface area contributed by atoms with Crippen LogP contribution in [0.25, 0.3) is 0 Å². The van der Waals surface area contributed by atoms with Crippen LogP contribution < -0.4 is 19.5 Å². The second-order valence-corrected chi connectivity index (χ2v) is 8.66. The number of rotatable bonds is 10. The third-order valence-electron chi connectivity index (χ3n) is 5.95. The van der Waals surface area contributed by atoms with Gasteiger partial charge in [-0.15, -0.1) is 0 Å². The quantitative estimate of drug-likeness (QED) is 0.452. The van der Waals surface area contributed by atoms with Crippen molar-refractivity contribution >= 4 is 0 Å². The maximum Gasteiger partial charge on any atom is 0.161 e. The highest BCUT2D eigenvalue weighted by atomic mass is 16.5. The molecule has 5 nitrogen and oxygen atoms in total. The number of ether oxygens (including phenoxy) is 3. The molecule has 0 aromatic heterocycles. The monoisotopic (exact) mass is 446 g/mol. The fourth-order valence-corrected chi connectivity index (χ4v) is 4.26. The Morgan fingerprint density at radius 1 is 0.879 bits per heavy atom. The summed E-state index contributed by atoms with van der Waals surface area (Å²) in [6, 6.07) is 22.9. The molecule has 0 radical (unpaired) electrons. The second kappa shape index (κ2) is 11.2. The summed E-state index contributed by atoms with van der Waals surface area (Å²) in [6.07, 6.45) is 1.92. The third-order valence-corrected chi connectivity index (χ3v) is 5.95. The number of para-hydroxylation sites is 1. The molecule has 4 rings (SSSR count). The van der Waals surface area contributed by atoms with Crippen LogP contribution in [-0.4, -0.2) is 45.8 Å². The molecule has 3 aromatic rings. The van der Waals surface area contributed by atoms with E-state index >= 15 is 0 Å². The molecule has 0 bridgehead atoms. The number of nitrogens with zero attached hydrogens (tertiary/aromatic N) is 1. The standard InChI is InChI=1S/C28H34N2O3/c1-30(2)16-9-17-32-27-19-24-22(18-26(27)31-3)14-15-29-28(24)23-12-7-8-13-25(23)33-20-21-10-5-4-6-11-21/h4-8,10-13,18-19,28-29H,9,14-17,20H2,1-3H3. The minimum atomic E-state index is 0.0377. The highest BCUT2D eigenvalue weighted by molar-refractivity contribution is 5.53. The van der Waals surface area contributed by atoms with E-state index in [2.05, 4.69) is 66.8 Å². The molecular weight excluding hydrogens is 412 g/mol. The minimum Gasteiger partial charge on any atom is -0.493 e. The van der Waals surface area contributed by atoms with Gasteiger partial charge in [0.05, 0.1) is 19.8 Å². The van der Waals surface area contributed by atoms with E-state index in [1.807, 2.05) is 24.3 Å². The van der Waals surface area contributed by atoms with E-state index in [1.54, 1.807) is 7.11 Å². The highest BCUT2D eigenvalue weighted by Crippen LogP contribution is 2.40. The van der Waals surface area contributed by atoms with E-state index in [0.29, 0.717) is 13.2 Å². The Labute approximate surface area is 197 Å². The predicted molar refractivity (Wildman–Crippen MR) is 132 cm³/mol. The van der Waals surface area contributed by atoms with Gasteiger partial charge < -0.3 is 24.4 Å². The summed E-state index contributed by atoms with van der Waals surface area (Å²) in [5, 5.41) is 3.69. The number of hydrogen-bond acceptors (Lipinski definition) is 5. The molecule has 1 N–H and O–H groups in total. The number of benzene rings is 3. The Kier molecular flexibility index (Phi) is 7.87. The van der Waals surface area contributed by atoms with Crippen LogP contribution in [0.2, 0.25) is 0 Å². The van der Waals surface area contributed by atoms with Gasteiger partial charge >= 0.3 is 0 Å². The summed E-state index contributed by atoms with van der Waals surface area (Å²) in [7, 11) is 5.86. The van der Waals surface area contributed by atoms with Crippen LogP contribution in [0.15, 0.2) is 66.7 Å². The number of hydrogen-bond donors (Lipinski definition) is 1. The van der Waals surface area contributed by atoms with E-state index in [-0.39, 0.29) is 6.04 Å². The summed E-state index contributed by atoms with van der Waals surface area (Å²) in [5.74, 6) is 2.50. The van der Waals surface area contributed by atoms with E-state index in [1.165, 1.54) is 11.1 Å². The Hall–Kier alpha value is -3.02. The zero-order chi connectivity index (χ0) is 23.0. The molecule has 33 heavy (non-hydrogen) atoms. The summed E-state index contributed by atoms with van der Waals surface area (Å²) in [4.78, 5) is 2.17. The highest BCUT2D eigenvalue weighted by Gasteiger charge is 2.26. The van der Waals surface area contributed by atoms with Gasteiger partial charge in [0.2, 0.25) is 0 Å². The van der Waals surface area contributed by atoms with Crippen LogP contribution >= 0.6 is 0 Å². The van der Waals surface area contributed by atoms with Crippen molar-refractivity contribution in [1.29, 1.82) is 0 Å². The van der Waals surface area contributed by atoms with Crippen molar-refractivity contribution in [3.63, 3.8) is 0 Å². The Morgan fingerprint density at radius 3 is 2.45 bits per heavy atom. The molecular formula is C28H34N2O3. The van der Waals surface area contributed by atoms with Gasteiger partial charge in [-0.25, -0.2) is 0 Å². The molecule has 1 heterocycles. The number of methoxy groups -OCH3 is 1. The maximum atomic E-state index is 6.27. The van der Waals surface area contributed by atoms with Gasteiger partial charge in [0.1, 0.15) is 12.4 Å². The molecule has 0 amide bonds. The predicted octanol–water partition coefficient (Wildman–Crippen LogP) is 4.84. The molecule has 1 aliphatic rings. The van der Waals surface area contributed by atoms with Gasteiger partial charge in [0.25, 0.3) is 0 Å². The van der Waals surface area contributed by atoms with Crippen molar-refractivity contribution in [2.75, 3.05) is 40.9 Å². The van der Waals surface area contributed by atoms with Crippen LogP contribution in [0.1, 0.15) is 34.7 Å². The Morgan fingerprint density at radius 2 is 1.67 bits per heavy atom. The SMILES string of the molecule is COc1cc2c(cc1OCCCN(C)C)C(c1ccccc1OCc1ccccc1)NCC2. The summed E-state index contributed by atoms with van der Waals surface area (Å²) in [5.41, 5.74) is 4.80. The lowest BCUT2D eigenvalue weighted by Crippen LogP contribution is -2.31. The molecule has 0 saturated carbocycles. The van der Waals surface area contributed by atoms with Crippen molar-refractivity contribution < 1.29 is 14.2 Å². The third kappa shape index (κ3) is 5.86. The smallest absolute Gasteiger partial charge is 0.161 e. The first-order chi connectivity index (χ1) is 16.2. The maximum absolute atomic E-state index is 6.27. The average Bonchev–Trinajstić information content (AvgIpc) is 2.85. The van der Waals surface area contributed by atoms with E-state index in [9.17, 15) is 0 Å². The Balaban J connectivity index is 1.59. The molecule has 1 atom stereocenters. The topological polar surface area (TPSA) is 43.0 Å². The average molecular weight is 447 g/mol. The van der Waals surface area contributed by atoms with Crippen LogP contribution in [0.4, 0.5) is 0 Å².